The largest absolute Gasteiger partial charge is 0.399 e. The van der Waals surface area contributed by atoms with E-state index < -0.39 is 10.0 Å². The summed E-state index contributed by atoms with van der Waals surface area (Å²) in [4.78, 5) is 0. The summed E-state index contributed by atoms with van der Waals surface area (Å²) in [5.41, 5.74) is 6.71. The van der Waals surface area contributed by atoms with Gasteiger partial charge in [-0.25, -0.2) is 8.42 Å². The number of nitrogen functional groups attached to an aromatic ring is 1. The van der Waals surface area contributed by atoms with Gasteiger partial charge in [-0.2, -0.15) is 0 Å². The minimum atomic E-state index is -3.23. The minimum Gasteiger partial charge on any atom is -0.399 e. The van der Waals surface area contributed by atoms with Crippen molar-refractivity contribution in [2.24, 2.45) is 5.92 Å². The number of halogens is 1. The highest BCUT2D eigenvalue weighted by molar-refractivity contribution is 9.10. The van der Waals surface area contributed by atoms with Crippen LogP contribution in [0.15, 0.2) is 22.7 Å². The molecule has 0 amide bonds. The summed E-state index contributed by atoms with van der Waals surface area (Å²) in [5.74, 6) is 0.550. The Morgan fingerprint density at radius 1 is 1.44 bits per heavy atom. The molecule has 0 spiro atoms. The van der Waals surface area contributed by atoms with Crippen LogP contribution in [-0.4, -0.2) is 14.2 Å². The van der Waals surface area contributed by atoms with Crippen molar-refractivity contribution in [3.05, 3.63) is 22.7 Å². The van der Waals surface area contributed by atoms with Crippen LogP contribution in [0.3, 0.4) is 0 Å². The maximum atomic E-state index is 11.7. The van der Waals surface area contributed by atoms with Crippen LogP contribution in [-0.2, 0) is 10.0 Å². The Hall–Kier alpha value is -0.750. The Morgan fingerprint density at radius 2 is 2.12 bits per heavy atom. The number of sulfonamides is 1. The molecule has 16 heavy (non-hydrogen) atoms. The van der Waals surface area contributed by atoms with Crippen molar-refractivity contribution in [3.63, 3.8) is 0 Å². The molecule has 0 heterocycles. The molecule has 1 aromatic rings. The number of anilines is 2. The monoisotopic (exact) mass is 304 g/mol. The van der Waals surface area contributed by atoms with E-state index in [0.29, 0.717) is 21.8 Å². The standard InChI is InChI=1S/C10H13BrN2O2S/c11-9-5-8(12)3-4-10(9)13-16(14,15)6-7-1-2-7/h3-5,7,13H,1-2,6,12H2. The molecule has 0 saturated heterocycles. The first-order valence-electron chi connectivity index (χ1n) is 5.02. The molecule has 1 aromatic carbocycles. The lowest BCUT2D eigenvalue weighted by molar-refractivity contribution is 0.597. The first-order valence-corrected chi connectivity index (χ1v) is 7.46. The predicted molar refractivity (Wildman–Crippen MR) is 68.7 cm³/mol. The van der Waals surface area contributed by atoms with Gasteiger partial charge in [0.2, 0.25) is 10.0 Å². The van der Waals surface area contributed by atoms with Gasteiger partial charge in [0.05, 0.1) is 11.4 Å². The summed E-state index contributed by atoms with van der Waals surface area (Å²) in [7, 11) is -3.23. The van der Waals surface area contributed by atoms with Gasteiger partial charge in [-0.05, 0) is 52.9 Å². The lowest BCUT2D eigenvalue weighted by Crippen LogP contribution is -2.18. The van der Waals surface area contributed by atoms with Crippen molar-refractivity contribution in [3.8, 4) is 0 Å². The van der Waals surface area contributed by atoms with Gasteiger partial charge in [0.1, 0.15) is 0 Å². The van der Waals surface area contributed by atoms with E-state index in [-0.39, 0.29) is 5.75 Å². The van der Waals surface area contributed by atoms with E-state index in [9.17, 15) is 8.42 Å². The highest BCUT2D eigenvalue weighted by atomic mass is 79.9. The average Bonchev–Trinajstić information content (AvgIpc) is 2.93. The molecule has 3 N–H and O–H groups in total. The van der Waals surface area contributed by atoms with Crippen LogP contribution in [0.4, 0.5) is 11.4 Å². The van der Waals surface area contributed by atoms with Crippen LogP contribution < -0.4 is 10.5 Å². The molecular weight excluding hydrogens is 292 g/mol. The fourth-order valence-electron chi connectivity index (χ4n) is 1.42. The van der Waals surface area contributed by atoms with Crippen LogP contribution in [0, 0.1) is 5.92 Å². The van der Waals surface area contributed by atoms with Gasteiger partial charge >= 0.3 is 0 Å². The molecule has 2 rings (SSSR count). The summed E-state index contributed by atoms with van der Waals surface area (Å²) < 4.78 is 26.7. The lowest BCUT2D eigenvalue weighted by atomic mass is 10.3. The number of hydrogen-bond acceptors (Lipinski definition) is 3. The normalized spacial score (nSPS) is 16.1. The Balaban J connectivity index is 2.13. The summed E-state index contributed by atoms with van der Waals surface area (Å²) in [6.07, 6.45) is 2.04. The summed E-state index contributed by atoms with van der Waals surface area (Å²) in [6.45, 7) is 0. The van der Waals surface area contributed by atoms with E-state index in [4.69, 9.17) is 5.73 Å². The Kier molecular flexibility index (Phi) is 3.12. The molecule has 88 valence electrons. The Bertz CT molecular complexity index is 498. The summed E-state index contributed by atoms with van der Waals surface area (Å²) >= 11 is 3.27. The number of hydrogen-bond donors (Lipinski definition) is 2. The molecule has 1 saturated carbocycles. The van der Waals surface area contributed by atoms with Gasteiger partial charge in [0.25, 0.3) is 0 Å². The Morgan fingerprint density at radius 3 is 2.69 bits per heavy atom. The second kappa shape index (κ2) is 4.25. The molecule has 4 nitrogen and oxygen atoms in total. The zero-order chi connectivity index (χ0) is 11.8. The minimum absolute atomic E-state index is 0.212. The SMILES string of the molecule is Nc1ccc(NS(=O)(=O)CC2CC2)c(Br)c1. The molecule has 0 unspecified atom stereocenters. The van der Waals surface area contributed by atoms with Gasteiger partial charge in [0, 0.05) is 10.2 Å². The van der Waals surface area contributed by atoms with E-state index in [0.717, 1.165) is 12.8 Å². The molecule has 1 aliphatic rings. The zero-order valence-electron chi connectivity index (χ0n) is 8.61. The quantitative estimate of drug-likeness (QED) is 0.838. The van der Waals surface area contributed by atoms with Crippen LogP contribution in [0.5, 0.6) is 0 Å². The van der Waals surface area contributed by atoms with Gasteiger partial charge in [0.15, 0.2) is 0 Å². The molecule has 1 fully saturated rings. The number of nitrogens with one attached hydrogen (secondary N) is 1. The highest BCUT2D eigenvalue weighted by Gasteiger charge is 2.28. The fourth-order valence-corrected chi connectivity index (χ4v) is 3.60. The molecule has 1 aliphatic carbocycles. The third-order valence-electron chi connectivity index (χ3n) is 2.41. The molecule has 0 aromatic heterocycles. The predicted octanol–water partition coefficient (Wildman–Crippen LogP) is 2.18. The van der Waals surface area contributed by atoms with Gasteiger partial charge in [-0.3, -0.25) is 4.72 Å². The second-order valence-corrected chi connectivity index (χ2v) is 6.69. The molecular formula is C10H13BrN2O2S. The maximum absolute atomic E-state index is 11.7. The zero-order valence-corrected chi connectivity index (χ0v) is 11.0. The third kappa shape index (κ3) is 3.12. The van der Waals surface area contributed by atoms with Crippen molar-refractivity contribution >= 4 is 37.3 Å². The number of nitrogens with two attached hydrogens (primary N) is 1. The first kappa shape index (κ1) is 11.7. The molecule has 0 bridgehead atoms. The molecule has 0 atom stereocenters. The van der Waals surface area contributed by atoms with Crippen LogP contribution >= 0.6 is 15.9 Å². The van der Waals surface area contributed by atoms with Crippen molar-refractivity contribution in [1.29, 1.82) is 0 Å². The van der Waals surface area contributed by atoms with E-state index >= 15 is 0 Å². The molecule has 0 aliphatic heterocycles. The summed E-state index contributed by atoms with van der Waals surface area (Å²) in [6, 6.07) is 5.00. The van der Waals surface area contributed by atoms with Crippen molar-refractivity contribution < 1.29 is 8.42 Å². The Labute approximate surface area is 103 Å². The molecule has 6 heteroatoms. The van der Waals surface area contributed by atoms with Gasteiger partial charge in [-0.15, -0.1) is 0 Å². The maximum Gasteiger partial charge on any atom is 0.233 e. The van der Waals surface area contributed by atoms with Crippen molar-refractivity contribution in [1.82, 2.24) is 0 Å². The fraction of sp³-hybridized carbons (Fsp3) is 0.400. The second-order valence-electron chi connectivity index (χ2n) is 4.07. The smallest absolute Gasteiger partial charge is 0.233 e. The van der Waals surface area contributed by atoms with Crippen molar-refractivity contribution in [2.75, 3.05) is 16.2 Å². The van der Waals surface area contributed by atoms with Gasteiger partial charge in [-0.1, -0.05) is 0 Å². The third-order valence-corrected chi connectivity index (χ3v) is 4.51. The first-order chi connectivity index (χ1) is 7.46. The van der Waals surface area contributed by atoms with Crippen molar-refractivity contribution in [2.45, 2.75) is 12.8 Å². The van der Waals surface area contributed by atoms with Crippen LogP contribution in [0.1, 0.15) is 12.8 Å². The van der Waals surface area contributed by atoms with Crippen LogP contribution in [0.25, 0.3) is 0 Å². The molecule has 0 radical (unpaired) electrons. The number of rotatable bonds is 4. The topological polar surface area (TPSA) is 72.2 Å². The lowest BCUT2D eigenvalue weighted by Gasteiger charge is -2.09. The highest BCUT2D eigenvalue weighted by Crippen LogP contribution is 2.32. The van der Waals surface area contributed by atoms with Gasteiger partial charge < -0.3 is 5.73 Å². The number of benzene rings is 1. The van der Waals surface area contributed by atoms with E-state index in [1.54, 1.807) is 18.2 Å². The van der Waals surface area contributed by atoms with E-state index in [1.165, 1.54) is 0 Å². The van der Waals surface area contributed by atoms with E-state index in [2.05, 4.69) is 20.7 Å². The summed E-state index contributed by atoms with van der Waals surface area (Å²) in [5, 5.41) is 0. The average molecular weight is 305 g/mol. The van der Waals surface area contributed by atoms with E-state index in [1.807, 2.05) is 0 Å². The van der Waals surface area contributed by atoms with Crippen LogP contribution in [0.2, 0.25) is 0 Å².